The third-order valence-electron chi connectivity index (χ3n) is 11.0. The highest BCUT2D eigenvalue weighted by atomic mass is 16.7. The number of carbonyl (C=O) groups is 2. The molecule has 14 nitrogen and oxygen atoms in total. The number of unbranched alkanes of at least 4 members (excludes halogenated alkanes) is 2. The Bertz CT molecular complexity index is 1940. The van der Waals surface area contributed by atoms with Gasteiger partial charge in [0.15, 0.2) is 5.69 Å². The summed E-state index contributed by atoms with van der Waals surface area (Å²) >= 11 is 0. The molecule has 1 saturated carbocycles. The molecule has 1 aromatic heterocycles. The van der Waals surface area contributed by atoms with E-state index in [0.717, 1.165) is 42.4 Å². The monoisotopic (exact) mass is 784 g/mol. The van der Waals surface area contributed by atoms with Crippen molar-refractivity contribution in [3.63, 3.8) is 0 Å². The number of hydrogen-bond acceptors (Lipinski definition) is 13. The Morgan fingerprint density at radius 3 is 2.42 bits per heavy atom. The number of aromatic nitrogens is 3. The summed E-state index contributed by atoms with van der Waals surface area (Å²) in [5.41, 5.74) is 2.71. The van der Waals surface area contributed by atoms with Gasteiger partial charge in [-0.05, 0) is 66.9 Å². The fourth-order valence-electron chi connectivity index (χ4n) is 8.61. The molecule has 0 amide bonds. The molecule has 57 heavy (non-hydrogen) atoms. The number of carbonyl (C=O) groups excluding carboxylic acids is 2. The highest BCUT2D eigenvalue weighted by Gasteiger charge is 2.65. The van der Waals surface area contributed by atoms with Crippen LogP contribution in [-0.2, 0) is 25.7 Å². The lowest BCUT2D eigenvalue weighted by Crippen LogP contribution is -2.63. The van der Waals surface area contributed by atoms with Crippen molar-refractivity contribution in [2.45, 2.75) is 69.3 Å². The van der Waals surface area contributed by atoms with E-state index in [0.29, 0.717) is 36.7 Å². The topological polar surface area (TPSA) is 173 Å². The van der Waals surface area contributed by atoms with Crippen molar-refractivity contribution in [1.29, 1.82) is 0 Å². The molecular weight excluding hydrogens is 732 g/mol. The number of fused-ring (bicyclic) bond motifs is 2. The minimum Gasteiger partial charge on any atom is -0.490 e. The van der Waals surface area contributed by atoms with Gasteiger partial charge in [-0.1, -0.05) is 78.3 Å². The van der Waals surface area contributed by atoms with E-state index in [4.69, 9.17) is 33.7 Å². The van der Waals surface area contributed by atoms with E-state index in [2.05, 4.69) is 29.5 Å². The van der Waals surface area contributed by atoms with Crippen molar-refractivity contribution in [2.24, 2.45) is 22.9 Å². The molecule has 0 spiro atoms. The molecule has 14 heteroatoms. The first-order chi connectivity index (χ1) is 27.8. The number of benzene rings is 2. The molecule has 2 aromatic carbocycles. The molecule has 2 N–H and O–H groups in total. The highest BCUT2D eigenvalue weighted by Crippen LogP contribution is 2.63. The van der Waals surface area contributed by atoms with Gasteiger partial charge in [0, 0.05) is 31.1 Å². The zero-order chi connectivity index (χ0) is 40.4. The van der Waals surface area contributed by atoms with Crippen LogP contribution in [0.2, 0.25) is 0 Å². The summed E-state index contributed by atoms with van der Waals surface area (Å²) in [7, 11) is 2.40. The van der Waals surface area contributed by atoms with Crippen molar-refractivity contribution in [3.8, 4) is 11.5 Å². The van der Waals surface area contributed by atoms with Gasteiger partial charge in [-0.3, -0.25) is 0 Å². The lowest BCUT2D eigenvalue weighted by atomic mass is 9.55. The van der Waals surface area contributed by atoms with E-state index < -0.39 is 29.7 Å². The second-order valence-corrected chi connectivity index (χ2v) is 14.3. The van der Waals surface area contributed by atoms with Crippen LogP contribution in [0.25, 0.3) is 0 Å². The van der Waals surface area contributed by atoms with Gasteiger partial charge in [-0.25, -0.2) is 14.3 Å². The Kier molecular flexibility index (Phi) is 13.9. The molecule has 0 unspecified atom stereocenters. The summed E-state index contributed by atoms with van der Waals surface area (Å²) in [5, 5.41) is 33.1. The van der Waals surface area contributed by atoms with Crippen LogP contribution < -0.4 is 9.47 Å². The number of esters is 2. The molecule has 304 valence electrons. The van der Waals surface area contributed by atoms with Crippen molar-refractivity contribution in [3.05, 3.63) is 108 Å². The first-order valence-corrected chi connectivity index (χ1v) is 19.4. The Morgan fingerprint density at radius 2 is 1.72 bits per heavy atom. The number of aliphatic hydroxyl groups is 2. The Morgan fingerprint density at radius 1 is 0.982 bits per heavy atom. The normalized spacial score (nSPS) is 24.0. The minimum absolute atomic E-state index is 0.000283. The first-order valence-electron chi connectivity index (χ1n) is 19.4. The molecule has 0 radical (unpaired) electrons. The quantitative estimate of drug-likeness (QED) is 0.0583. The maximum Gasteiger partial charge on any atom is 0.361 e. The van der Waals surface area contributed by atoms with Crippen LogP contribution >= 0.6 is 0 Å². The van der Waals surface area contributed by atoms with E-state index in [1.54, 1.807) is 12.2 Å². The fourth-order valence-corrected chi connectivity index (χ4v) is 8.61. The lowest BCUT2D eigenvalue weighted by Gasteiger charge is -2.58. The van der Waals surface area contributed by atoms with Gasteiger partial charge in [-0.2, -0.15) is 0 Å². The molecule has 0 bridgehead atoms. The second-order valence-electron chi connectivity index (χ2n) is 14.3. The number of oxime groups is 1. The molecule has 6 atom stereocenters. The molecule has 3 aliphatic rings. The van der Waals surface area contributed by atoms with E-state index in [-0.39, 0.29) is 62.0 Å². The van der Waals surface area contributed by atoms with Gasteiger partial charge in [0.25, 0.3) is 0 Å². The van der Waals surface area contributed by atoms with E-state index >= 15 is 0 Å². The number of allylic oxidation sites excluding steroid dienone is 1. The van der Waals surface area contributed by atoms with E-state index in [1.807, 2.05) is 48.5 Å². The molecule has 1 fully saturated rings. The SMILES string of the molecule is C=CCOc1ccc2c(c1)[C@H]1[C@H](CCCCO)[C@@H](CCCCO)C=C3C(=NOCc4ccccc4)C[C@H](n4nnc(C(=O)OC)c4C(=O)OC)[C@@](OCC=C)(O2)[C@H]31. The smallest absolute Gasteiger partial charge is 0.361 e. The summed E-state index contributed by atoms with van der Waals surface area (Å²) in [6.07, 6.45) is 10.0. The van der Waals surface area contributed by atoms with Crippen LogP contribution in [0, 0.1) is 17.8 Å². The van der Waals surface area contributed by atoms with Crippen LogP contribution in [-0.4, -0.2) is 89.3 Å². The minimum atomic E-state index is -1.57. The van der Waals surface area contributed by atoms with Crippen molar-refractivity contribution >= 4 is 17.7 Å². The first kappa shape index (κ1) is 41.3. The second kappa shape index (κ2) is 19.2. The number of aliphatic hydroxyl groups excluding tert-OH is 2. The highest BCUT2D eigenvalue weighted by molar-refractivity contribution is 6.03. The summed E-state index contributed by atoms with van der Waals surface area (Å²) < 4.78 is 31.7. The zero-order valence-corrected chi connectivity index (χ0v) is 32.6. The van der Waals surface area contributed by atoms with Gasteiger partial charge in [0.1, 0.15) is 30.8 Å². The van der Waals surface area contributed by atoms with Crippen molar-refractivity contribution < 1.29 is 48.3 Å². The van der Waals surface area contributed by atoms with Crippen LogP contribution in [0.5, 0.6) is 11.5 Å². The van der Waals surface area contributed by atoms with Crippen LogP contribution in [0.15, 0.2) is 90.6 Å². The van der Waals surface area contributed by atoms with Gasteiger partial charge >= 0.3 is 11.9 Å². The van der Waals surface area contributed by atoms with Gasteiger partial charge in [0.05, 0.1) is 32.5 Å². The maximum atomic E-state index is 13.6. The number of hydrogen-bond donors (Lipinski definition) is 2. The number of ether oxygens (including phenoxy) is 5. The molecule has 6 rings (SSSR count). The van der Waals surface area contributed by atoms with E-state index in [1.165, 1.54) is 18.9 Å². The van der Waals surface area contributed by atoms with Gasteiger partial charge in [-0.15, -0.1) is 11.7 Å². The van der Waals surface area contributed by atoms with Gasteiger partial charge < -0.3 is 38.7 Å². The lowest BCUT2D eigenvalue weighted by molar-refractivity contribution is -0.252. The van der Waals surface area contributed by atoms with E-state index in [9.17, 15) is 19.8 Å². The van der Waals surface area contributed by atoms with Crippen molar-refractivity contribution in [1.82, 2.24) is 15.0 Å². The molecule has 0 saturated heterocycles. The Labute approximate surface area is 332 Å². The number of methoxy groups -OCH3 is 2. The Hall–Kier alpha value is -5.31. The molecule has 2 heterocycles. The van der Waals surface area contributed by atoms with Gasteiger partial charge in [0.2, 0.25) is 11.5 Å². The predicted molar refractivity (Wildman–Crippen MR) is 210 cm³/mol. The molecular formula is C43H52N4O10. The standard InChI is InChI=1S/C43H52N4O10/c1-5-22-54-30-18-19-35-33(25-30)37-31(17-11-13-21-49)29(16-10-12-20-48)24-32-34(45-56-27-28-14-8-7-9-15-28)26-36(43(57-35,38(32)37)55-23-6-2)47-40(42(51)53-4)39(44-46-47)41(50)52-3/h5-9,14-15,18-19,24-25,29,31,36-38,48-49H,1-2,10-13,16-17,20-23,26-27H2,3-4H3/t29-,31+,36-,37+,38+,43+/m0/s1. The molecule has 3 aromatic rings. The third-order valence-corrected chi connectivity index (χ3v) is 11.0. The summed E-state index contributed by atoms with van der Waals surface area (Å²) in [4.78, 5) is 32.8. The largest absolute Gasteiger partial charge is 0.490 e. The average molecular weight is 785 g/mol. The average Bonchev–Trinajstić information content (AvgIpc) is 3.68. The third kappa shape index (κ3) is 8.53. The fraction of sp³-hybridized carbons (Fsp3) is 0.465. The number of rotatable bonds is 20. The van der Waals surface area contributed by atoms with Crippen molar-refractivity contribution in [2.75, 3.05) is 40.6 Å². The van der Waals surface area contributed by atoms with Crippen LogP contribution in [0.4, 0.5) is 0 Å². The molecule has 2 aliphatic carbocycles. The van der Waals surface area contributed by atoms with Crippen LogP contribution in [0.3, 0.4) is 0 Å². The summed E-state index contributed by atoms with van der Waals surface area (Å²) in [6.45, 7) is 8.48. The summed E-state index contributed by atoms with van der Waals surface area (Å²) in [5.74, 6) is -2.94. The Balaban J connectivity index is 1.63. The zero-order valence-electron chi connectivity index (χ0n) is 32.6. The predicted octanol–water partition coefficient (Wildman–Crippen LogP) is 6.12. The maximum absolute atomic E-state index is 13.6. The van der Waals surface area contributed by atoms with Crippen LogP contribution in [0.1, 0.15) is 89.0 Å². The summed E-state index contributed by atoms with van der Waals surface area (Å²) in [6, 6.07) is 14.4. The molecule has 1 aliphatic heterocycles. The number of nitrogens with zero attached hydrogens (tertiary/aromatic N) is 4.